The van der Waals surface area contributed by atoms with Gasteiger partial charge in [0.2, 0.25) is 0 Å². The number of hydroxylamine groups is 1. The smallest absolute Gasteiger partial charge is 0.151 e. The number of aliphatic hydroxyl groups is 2. The van der Waals surface area contributed by atoms with Gasteiger partial charge < -0.3 is 20.9 Å². The number of unbranched alkanes of at least 4 members (excludes halogenated alkanes) is 16. The Morgan fingerprint density at radius 3 is 1.08 bits per heavy atom. The van der Waals surface area contributed by atoms with Gasteiger partial charge in [0.15, 0.2) is 6.29 Å². The van der Waals surface area contributed by atoms with Crippen LogP contribution >= 0.6 is 0 Å². The second-order valence-corrected chi connectivity index (χ2v) is 7.17. The van der Waals surface area contributed by atoms with Gasteiger partial charge in [0, 0.05) is 0 Å². The highest BCUT2D eigenvalue weighted by atomic mass is 16.5. The summed E-state index contributed by atoms with van der Waals surface area (Å²) < 4.78 is 0. The molecule has 0 bridgehead atoms. The Morgan fingerprint density at radius 1 is 0.500 bits per heavy atom. The molecule has 3 N–H and O–H groups in total. The molecule has 0 unspecified atom stereocenters. The predicted octanol–water partition coefficient (Wildman–Crippen LogP) is 5.41. The predicted molar refractivity (Wildman–Crippen MR) is 103 cm³/mol. The van der Waals surface area contributed by atoms with E-state index < -0.39 is 6.29 Å². The summed E-state index contributed by atoms with van der Waals surface area (Å²) >= 11 is 0. The maximum atomic E-state index is 10.1. The van der Waals surface area contributed by atoms with Gasteiger partial charge >= 0.3 is 0 Å². The standard InChI is InChI=1S/C20H42NO3/c22-20(23)18-16-14-12-10-8-6-4-2-1-3-5-7-9-11-13-15-17-19-21-24/h20-23H,1-19H2/q-1. The van der Waals surface area contributed by atoms with Crippen LogP contribution in [0, 0.1) is 5.21 Å². The second kappa shape index (κ2) is 20.9. The van der Waals surface area contributed by atoms with Crippen LogP contribution < -0.4 is 5.48 Å². The molecule has 0 saturated heterocycles. The molecule has 0 fully saturated rings. The van der Waals surface area contributed by atoms with E-state index in [4.69, 9.17) is 10.2 Å². The summed E-state index contributed by atoms with van der Waals surface area (Å²) in [4.78, 5) is 0. The Kier molecular flexibility index (Phi) is 20.7. The lowest BCUT2D eigenvalue weighted by atomic mass is 10.0. The van der Waals surface area contributed by atoms with E-state index in [1.165, 1.54) is 89.9 Å². The first kappa shape index (κ1) is 23.8. The van der Waals surface area contributed by atoms with Crippen molar-refractivity contribution in [3.05, 3.63) is 5.21 Å². The van der Waals surface area contributed by atoms with Crippen molar-refractivity contribution < 1.29 is 10.2 Å². The van der Waals surface area contributed by atoms with Crippen molar-refractivity contribution in [2.75, 3.05) is 6.54 Å². The lowest BCUT2D eigenvalue weighted by molar-refractivity contribution is -0.0466. The van der Waals surface area contributed by atoms with Crippen LogP contribution in [0.25, 0.3) is 0 Å². The Bertz CT molecular complexity index is 225. The van der Waals surface area contributed by atoms with E-state index in [9.17, 15) is 5.21 Å². The molecule has 0 aromatic carbocycles. The van der Waals surface area contributed by atoms with E-state index in [2.05, 4.69) is 0 Å². The van der Waals surface area contributed by atoms with Gasteiger partial charge in [-0.05, 0) is 25.8 Å². The molecular formula is C20H42NO3-. The summed E-state index contributed by atoms with van der Waals surface area (Å²) in [5, 5.41) is 27.5. The van der Waals surface area contributed by atoms with Crippen LogP contribution in [0.1, 0.15) is 116 Å². The number of hydrogen-bond donors (Lipinski definition) is 3. The highest BCUT2D eigenvalue weighted by molar-refractivity contribution is 4.51. The largest absolute Gasteiger partial charge is 0.788 e. The van der Waals surface area contributed by atoms with Gasteiger partial charge in [0.05, 0.1) is 0 Å². The second-order valence-electron chi connectivity index (χ2n) is 7.17. The van der Waals surface area contributed by atoms with Crippen LogP contribution in [0.15, 0.2) is 0 Å². The number of aliphatic hydroxyl groups excluding tert-OH is 1. The molecule has 0 atom stereocenters. The summed E-state index contributed by atoms with van der Waals surface area (Å²) in [7, 11) is 0. The van der Waals surface area contributed by atoms with Gasteiger partial charge in [0.25, 0.3) is 0 Å². The molecule has 4 heteroatoms. The third-order valence-corrected chi connectivity index (χ3v) is 4.74. The zero-order valence-electron chi connectivity index (χ0n) is 15.8. The van der Waals surface area contributed by atoms with E-state index >= 15 is 0 Å². The summed E-state index contributed by atoms with van der Waals surface area (Å²) in [6.07, 6.45) is 21.2. The van der Waals surface area contributed by atoms with E-state index in [1.807, 2.05) is 5.48 Å². The van der Waals surface area contributed by atoms with E-state index in [0.29, 0.717) is 13.0 Å². The van der Waals surface area contributed by atoms with E-state index in [0.717, 1.165) is 19.3 Å². The van der Waals surface area contributed by atoms with Crippen LogP contribution in [-0.4, -0.2) is 23.0 Å². The number of nitrogens with one attached hydrogen (secondary N) is 1. The fraction of sp³-hybridized carbons (Fsp3) is 1.00. The third kappa shape index (κ3) is 21.8. The average molecular weight is 345 g/mol. The molecule has 0 rings (SSSR count). The quantitative estimate of drug-likeness (QED) is 0.157. The average Bonchev–Trinajstić information content (AvgIpc) is 2.56. The van der Waals surface area contributed by atoms with Gasteiger partial charge in [-0.3, -0.25) is 0 Å². The SMILES string of the molecule is [O-]NCCCCCCCCCCCCCCCCCCCC(O)O. The lowest BCUT2D eigenvalue weighted by Crippen LogP contribution is -2.04. The molecule has 0 amide bonds. The van der Waals surface area contributed by atoms with Gasteiger partial charge in [-0.25, -0.2) is 0 Å². The van der Waals surface area contributed by atoms with Crippen LogP contribution in [0.3, 0.4) is 0 Å². The van der Waals surface area contributed by atoms with Crippen LogP contribution in [0.2, 0.25) is 0 Å². The molecular weight excluding hydrogens is 302 g/mol. The summed E-state index contributed by atoms with van der Waals surface area (Å²) in [5.41, 5.74) is 1.96. The molecule has 0 aromatic rings. The normalized spacial score (nSPS) is 11.5. The highest BCUT2D eigenvalue weighted by Crippen LogP contribution is 2.14. The Balaban J connectivity index is 2.95. The molecule has 0 saturated carbocycles. The topological polar surface area (TPSA) is 75.5 Å². The zero-order valence-corrected chi connectivity index (χ0v) is 15.8. The van der Waals surface area contributed by atoms with Crippen LogP contribution in [0.5, 0.6) is 0 Å². The molecule has 0 aliphatic heterocycles. The van der Waals surface area contributed by atoms with Crippen molar-refractivity contribution in [3.8, 4) is 0 Å². The molecule has 24 heavy (non-hydrogen) atoms. The summed E-state index contributed by atoms with van der Waals surface area (Å²) in [6.45, 7) is 0.619. The first-order valence-electron chi connectivity index (χ1n) is 10.5. The van der Waals surface area contributed by atoms with Crippen molar-refractivity contribution in [3.63, 3.8) is 0 Å². The van der Waals surface area contributed by atoms with Gasteiger partial charge in [-0.1, -0.05) is 96.3 Å². The first-order valence-corrected chi connectivity index (χ1v) is 10.5. The molecule has 0 aliphatic rings. The van der Waals surface area contributed by atoms with Crippen molar-refractivity contribution in [1.29, 1.82) is 0 Å². The lowest BCUT2D eigenvalue weighted by Gasteiger charge is -2.06. The minimum atomic E-state index is -1.11. The highest BCUT2D eigenvalue weighted by Gasteiger charge is 1.97. The Labute approximate surface area is 150 Å². The molecule has 0 heterocycles. The fourth-order valence-electron chi connectivity index (χ4n) is 3.18. The van der Waals surface area contributed by atoms with Gasteiger partial charge in [-0.2, -0.15) is 0 Å². The van der Waals surface area contributed by atoms with Crippen molar-refractivity contribution in [1.82, 2.24) is 5.48 Å². The molecule has 146 valence electrons. The number of hydrogen-bond acceptors (Lipinski definition) is 4. The maximum Gasteiger partial charge on any atom is 0.151 e. The van der Waals surface area contributed by atoms with E-state index in [1.54, 1.807) is 0 Å². The minimum absolute atomic E-state index is 0.527. The van der Waals surface area contributed by atoms with Crippen molar-refractivity contribution >= 4 is 0 Å². The van der Waals surface area contributed by atoms with Crippen LogP contribution in [0.4, 0.5) is 0 Å². The molecule has 4 nitrogen and oxygen atoms in total. The van der Waals surface area contributed by atoms with Crippen molar-refractivity contribution in [2.24, 2.45) is 0 Å². The summed E-state index contributed by atoms with van der Waals surface area (Å²) in [5.74, 6) is 0. The van der Waals surface area contributed by atoms with E-state index in [-0.39, 0.29) is 0 Å². The Morgan fingerprint density at radius 2 is 0.792 bits per heavy atom. The van der Waals surface area contributed by atoms with Gasteiger partial charge in [0.1, 0.15) is 0 Å². The van der Waals surface area contributed by atoms with Crippen LogP contribution in [-0.2, 0) is 0 Å². The zero-order chi connectivity index (χ0) is 17.7. The summed E-state index contributed by atoms with van der Waals surface area (Å²) in [6, 6.07) is 0. The monoisotopic (exact) mass is 344 g/mol. The minimum Gasteiger partial charge on any atom is -0.788 e. The molecule has 0 aliphatic carbocycles. The van der Waals surface area contributed by atoms with Gasteiger partial charge in [-0.15, -0.1) is 0 Å². The molecule has 0 aromatic heterocycles. The van der Waals surface area contributed by atoms with Crippen molar-refractivity contribution in [2.45, 2.75) is 122 Å². The molecule has 0 radical (unpaired) electrons. The first-order chi connectivity index (χ1) is 11.8. The Hall–Kier alpha value is -0.160. The third-order valence-electron chi connectivity index (χ3n) is 4.74. The molecule has 0 spiro atoms. The number of rotatable bonds is 20. The maximum absolute atomic E-state index is 10.1. The fourth-order valence-corrected chi connectivity index (χ4v) is 3.18.